The van der Waals surface area contributed by atoms with Gasteiger partial charge in [0, 0.05) is 29.6 Å². The average Bonchev–Trinajstić information content (AvgIpc) is 2.96. The van der Waals surface area contributed by atoms with E-state index in [9.17, 15) is 9.90 Å². The van der Waals surface area contributed by atoms with Crippen LogP contribution in [0.3, 0.4) is 0 Å². The molecule has 0 aromatic heterocycles. The summed E-state index contributed by atoms with van der Waals surface area (Å²) in [7, 11) is -1.05. The largest absolute Gasteiger partial charge is 0.497 e. The number of benzene rings is 3. The molecule has 0 saturated carbocycles. The predicted molar refractivity (Wildman–Crippen MR) is 136 cm³/mol. The van der Waals surface area contributed by atoms with E-state index in [4.69, 9.17) is 35.0 Å². The summed E-state index contributed by atoms with van der Waals surface area (Å²) >= 11 is 7.76. The first-order valence-electron chi connectivity index (χ1n) is 11.4. The molecule has 12 heteroatoms. The second kappa shape index (κ2) is 13.6. The van der Waals surface area contributed by atoms with Crippen LogP contribution >= 0.6 is 23.4 Å². The third-order valence-corrected chi connectivity index (χ3v) is 7.32. The van der Waals surface area contributed by atoms with Gasteiger partial charge in [0.05, 0.1) is 32.9 Å². The Labute approximate surface area is 232 Å². The van der Waals surface area contributed by atoms with Gasteiger partial charge in [0.25, 0.3) is 5.91 Å². The molecule has 204 valence electrons. The topological polar surface area (TPSA) is 142 Å². The minimum Gasteiger partial charge on any atom is -0.497 e. The number of halogens is 2. The number of rotatable bonds is 7. The Balaban J connectivity index is 0.000000732. The fraction of sp³-hybridized carbons (Fsp3) is 0.269. The summed E-state index contributed by atoms with van der Waals surface area (Å²) in [5.41, 5.74) is 2.85. The number of fused-ring (bicyclic) bond motifs is 1. The monoisotopic (exact) mass is 582 g/mol. The van der Waals surface area contributed by atoms with Crippen molar-refractivity contribution < 1.29 is 43.5 Å². The molecule has 0 spiro atoms. The Morgan fingerprint density at radius 2 is 1.71 bits per heavy atom. The Morgan fingerprint density at radius 1 is 1.08 bits per heavy atom. The molecule has 0 unspecified atom stereocenters. The standard InChI is InChI=1S/C26H27ClN2O3S.ClHO4/c1-28(17-18-6-4-3-5-7-18)14-15-29-22-13-10-20(27)16-23(22)33-25(24(30)26(29)31)19-8-11-21(32-2)12-9-19;2-1(3,4)5/h3-13,16,24-25,30H,14-15,17H2,1-2H3;(H,2,3,4,5)/t24-,25+;/m1./s1. The maximum absolute atomic E-state index is 13.5. The van der Waals surface area contributed by atoms with Gasteiger partial charge in [-0.1, -0.05) is 54.1 Å². The summed E-state index contributed by atoms with van der Waals surface area (Å²) < 4.78 is 38.0. The van der Waals surface area contributed by atoms with E-state index < -0.39 is 21.6 Å². The second-order valence-electron chi connectivity index (χ2n) is 8.48. The van der Waals surface area contributed by atoms with E-state index in [1.165, 1.54) is 17.3 Å². The number of aliphatic hydroxyl groups excluding tert-OH is 1. The summed E-state index contributed by atoms with van der Waals surface area (Å²) in [4.78, 5) is 18.2. The third kappa shape index (κ3) is 8.84. The molecule has 0 saturated heterocycles. The van der Waals surface area contributed by atoms with Crippen molar-refractivity contribution in [3.8, 4) is 5.75 Å². The lowest BCUT2D eigenvalue weighted by Gasteiger charge is -2.27. The number of nitrogens with zero attached hydrogens (tertiary/aromatic N) is 2. The lowest BCUT2D eigenvalue weighted by molar-refractivity contribution is -1.92. The highest BCUT2D eigenvalue weighted by atomic mass is 35.7. The van der Waals surface area contributed by atoms with E-state index in [0.717, 1.165) is 28.4 Å². The number of hydrogen-bond donors (Lipinski definition) is 2. The number of amides is 1. The van der Waals surface area contributed by atoms with E-state index in [-0.39, 0.29) is 5.91 Å². The van der Waals surface area contributed by atoms with Crippen LogP contribution in [0.15, 0.2) is 77.7 Å². The number of ether oxygens (including phenoxy) is 1. The predicted octanol–water partition coefficient (Wildman–Crippen LogP) is 0.898. The van der Waals surface area contributed by atoms with Crippen LogP contribution in [0.1, 0.15) is 16.4 Å². The molecule has 1 aliphatic heterocycles. The van der Waals surface area contributed by atoms with Crippen LogP contribution in [0.2, 0.25) is 5.02 Å². The summed E-state index contributed by atoms with van der Waals surface area (Å²) in [5.74, 6) is 0.419. The van der Waals surface area contributed by atoms with Crippen molar-refractivity contribution >= 4 is 35.0 Å². The first kappa shape index (κ1) is 30.2. The van der Waals surface area contributed by atoms with Crippen molar-refractivity contribution in [3.05, 3.63) is 88.9 Å². The molecular formula is C26H28Cl2N2O7S. The van der Waals surface area contributed by atoms with Gasteiger partial charge in [-0.15, -0.1) is 11.8 Å². The maximum Gasteiger partial charge on any atom is 0.257 e. The quantitative estimate of drug-likeness (QED) is 0.415. The maximum atomic E-state index is 13.5. The number of carbonyl (C=O) groups is 1. The van der Waals surface area contributed by atoms with Crippen LogP contribution in [0.4, 0.5) is 5.69 Å². The number of carbonyl (C=O) groups excluding carboxylic acids is 1. The number of thioether (sulfide) groups is 1. The number of hydrogen-bond acceptors (Lipinski definition) is 9. The molecule has 9 nitrogen and oxygen atoms in total. The van der Waals surface area contributed by atoms with Gasteiger partial charge in [-0.2, -0.15) is 14.0 Å². The van der Waals surface area contributed by atoms with Gasteiger partial charge in [0.2, 0.25) is 0 Å². The van der Waals surface area contributed by atoms with Gasteiger partial charge < -0.3 is 19.6 Å². The van der Waals surface area contributed by atoms with Gasteiger partial charge in [0.15, 0.2) is 0 Å². The van der Waals surface area contributed by atoms with Crippen molar-refractivity contribution in [2.24, 2.45) is 0 Å². The van der Waals surface area contributed by atoms with Gasteiger partial charge >= 0.3 is 0 Å². The molecule has 0 aliphatic carbocycles. The molecule has 1 aliphatic rings. The summed E-state index contributed by atoms with van der Waals surface area (Å²) in [6.45, 7) is 1.90. The van der Waals surface area contributed by atoms with E-state index in [1.54, 1.807) is 18.1 Å². The summed E-state index contributed by atoms with van der Waals surface area (Å²) in [5, 5.41) is 11.3. The fourth-order valence-corrected chi connectivity index (χ4v) is 5.48. The van der Waals surface area contributed by atoms with Crippen LogP contribution in [-0.2, 0) is 11.3 Å². The number of likely N-dealkylation sites (N-methyl/N-ethyl adjacent to an activating group) is 1. The van der Waals surface area contributed by atoms with Crippen molar-refractivity contribution in [1.82, 2.24) is 4.90 Å². The van der Waals surface area contributed by atoms with Crippen LogP contribution < -0.4 is 23.6 Å². The molecule has 3 aromatic rings. The van der Waals surface area contributed by atoms with Crippen LogP contribution in [0, 0.1) is 10.2 Å². The number of methoxy groups -OCH3 is 1. The molecule has 2 N–H and O–H groups in total. The zero-order valence-electron chi connectivity index (χ0n) is 20.7. The lowest BCUT2D eigenvalue weighted by Crippen LogP contribution is -2.58. The summed E-state index contributed by atoms with van der Waals surface area (Å²) in [6, 6.07) is 23.2. The smallest absolute Gasteiger partial charge is 0.257 e. The minimum atomic E-state index is -4.69. The molecular weight excluding hydrogens is 555 g/mol. The molecule has 4 rings (SSSR count). The molecule has 3 aromatic carbocycles. The van der Waals surface area contributed by atoms with Crippen molar-refractivity contribution in [2.75, 3.05) is 32.1 Å². The molecule has 38 heavy (non-hydrogen) atoms. The van der Waals surface area contributed by atoms with Gasteiger partial charge in [-0.3, -0.25) is 4.79 Å². The molecule has 0 fully saturated rings. The van der Waals surface area contributed by atoms with Crippen molar-refractivity contribution in [1.29, 1.82) is 0 Å². The number of anilines is 1. The highest BCUT2D eigenvalue weighted by Gasteiger charge is 2.37. The number of aliphatic hydroxyl groups is 1. The third-order valence-electron chi connectivity index (χ3n) is 5.72. The van der Waals surface area contributed by atoms with Crippen LogP contribution in [0.5, 0.6) is 5.75 Å². The Hall–Kier alpha value is -2.38. The van der Waals surface area contributed by atoms with Crippen LogP contribution in [0.25, 0.3) is 0 Å². The van der Waals surface area contributed by atoms with Gasteiger partial charge in [-0.25, -0.2) is 0 Å². The van der Waals surface area contributed by atoms with Crippen molar-refractivity contribution in [2.45, 2.75) is 22.8 Å². The Kier molecular flexibility index (Phi) is 10.8. The van der Waals surface area contributed by atoms with E-state index >= 15 is 0 Å². The first-order valence-corrected chi connectivity index (χ1v) is 13.9. The van der Waals surface area contributed by atoms with E-state index in [1.807, 2.05) is 61.6 Å². The first-order chi connectivity index (χ1) is 18.0. The Bertz CT molecular complexity index is 1190. The minimum absolute atomic E-state index is 0.308. The SMILES string of the molecule is COc1ccc([C@@H]2Sc3cc(Cl)ccc3N(CCN(C)Cc3ccccc3)C(=O)[C@@H]2O)cc1.[O-][Cl+3]([O-])([O-])O. The zero-order valence-corrected chi connectivity index (χ0v) is 23.0. The molecule has 0 bridgehead atoms. The summed E-state index contributed by atoms with van der Waals surface area (Å²) in [6.07, 6.45) is -1.19. The van der Waals surface area contributed by atoms with Gasteiger partial charge in [0.1, 0.15) is 11.9 Å². The fourth-order valence-electron chi connectivity index (χ4n) is 3.93. The highest BCUT2D eigenvalue weighted by Crippen LogP contribution is 2.46. The zero-order chi connectivity index (χ0) is 27.9. The van der Waals surface area contributed by atoms with Crippen LogP contribution in [-0.4, -0.2) is 53.9 Å². The van der Waals surface area contributed by atoms with E-state index in [0.29, 0.717) is 18.1 Å². The average molecular weight is 583 g/mol. The molecule has 1 amide bonds. The second-order valence-corrected chi connectivity index (χ2v) is 10.9. The highest BCUT2D eigenvalue weighted by molar-refractivity contribution is 7.99. The van der Waals surface area contributed by atoms with Crippen molar-refractivity contribution in [3.63, 3.8) is 0 Å². The molecule has 1 heterocycles. The van der Waals surface area contributed by atoms with E-state index in [2.05, 4.69) is 17.0 Å². The van der Waals surface area contributed by atoms with Gasteiger partial charge in [-0.05, 0) is 48.5 Å². The normalized spacial score (nSPS) is 17.4. The lowest BCUT2D eigenvalue weighted by atomic mass is 10.1. The Morgan fingerprint density at radius 3 is 2.32 bits per heavy atom. The molecule has 2 atom stereocenters. The molecule has 0 radical (unpaired) electrons.